The van der Waals surface area contributed by atoms with Crippen molar-refractivity contribution in [2.75, 3.05) is 11.9 Å². The molecule has 1 aliphatic rings. The highest BCUT2D eigenvalue weighted by atomic mass is 16.2. The van der Waals surface area contributed by atoms with Crippen molar-refractivity contribution in [1.82, 2.24) is 9.88 Å². The van der Waals surface area contributed by atoms with Crippen molar-refractivity contribution < 1.29 is 9.59 Å². The van der Waals surface area contributed by atoms with Gasteiger partial charge in [0.1, 0.15) is 0 Å². The number of nitrogens with zero attached hydrogens (tertiary/aromatic N) is 1. The third-order valence-electron chi connectivity index (χ3n) is 4.90. The third-order valence-corrected chi connectivity index (χ3v) is 4.90. The fraction of sp³-hybridized carbons (Fsp3) is 0.333. The number of amides is 2. The van der Waals surface area contributed by atoms with E-state index >= 15 is 0 Å². The van der Waals surface area contributed by atoms with Crippen LogP contribution in [0.25, 0.3) is 0 Å². The molecule has 5 heteroatoms. The molecule has 2 amide bonds. The zero-order valence-electron chi connectivity index (χ0n) is 14.7. The number of carbonyl (C=O) groups excluding carboxylic acids is 2. The Morgan fingerprint density at radius 2 is 1.77 bits per heavy atom. The smallest absolute Gasteiger partial charge is 0.254 e. The standard InChI is InChI=1S/C21H23N3O2/c1-2-13-22-21(26)18-7-3-4-8-19(18)23-20(25)16-9-11-17(12-10-16)24-14-5-6-15-24/h1,3-8,14-17H,9-13H2,(H,22,26)(H,23,25). The third kappa shape index (κ3) is 4.15. The van der Waals surface area contributed by atoms with E-state index in [-0.39, 0.29) is 24.3 Å². The van der Waals surface area contributed by atoms with E-state index in [0.29, 0.717) is 17.3 Å². The Morgan fingerprint density at radius 1 is 1.08 bits per heavy atom. The second kappa shape index (κ2) is 8.39. The fourth-order valence-corrected chi connectivity index (χ4v) is 3.48. The summed E-state index contributed by atoms with van der Waals surface area (Å²) in [4.78, 5) is 24.9. The largest absolute Gasteiger partial charge is 0.351 e. The Bertz CT molecular complexity index is 797. The molecule has 1 saturated carbocycles. The van der Waals surface area contributed by atoms with Crippen LogP contribution in [0.4, 0.5) is 5.69 Å². The van der Waals surface area contributed by atoms with E-state index < -0.39 is 0 Å². The van der Waals surface area contributed by atoms with Crippen LogP contribution in [0.3, 0.4) is 0 Å². The van der Waals surface area contributed by atoms with Gasteiger partial charge in [-0.25, -0.2) is 0 Å². The van der Waals surface area contributed by atoms with Crippen LogP contribution in [0.1, 0.15) is 42.1 Å². The Labute approximate surface area is 153 Å². The van der Waals surface area contributed by atoms with Crippen molar-refractivity contribution in [2.24, 2.45) is 5.92 Å². The highest BCUT2D eigenvalue weighted by Gasteiger charge is 2.27. The normalized spacial score (nSPS) is 19.3. The topological polar surface area (TPSA) is 63.1 Å². The van der Waals surface area contributed by atoms with Gasteiger partial charge in [-0.15, -0.1) is 6.42 Å². The number of aromatic nitrogens is 1. The highest BCUT2D eigenvalue weighted by molar-refractivity contribution is 6.04. The molecule has 5 nitrogen and oxygen atoms in total. The lowest BCUT2D eigenvalue weighted by Gasteiger charge is -2.29. The van der Waals surface area contributed by atoms with E-state index in [0.717, 1.165) is 25.7 Å². The minimum Gasteiger partial charge on any atom is -0.351 e. The minimum atomic E-state index is -0.282. The van der Waals surface area contributed by atoms with Crippen molar-refractivity contribution in [2.45, 2.75) is 31.7 Å². The molecule has 0 saturated heterocycles. The molecule has 3 rings (SSSR count). The quantitative estimate of drug-likeness (QED) is 0.814. The Balaban J connectivity index is 1.60. The average Bonchev–Trinajstić information content (AvgIpc) is 3.21. The van der Waals surface area contributed by atoms with Crippen LogP contribution in [0.2, 0.25) is 0 Å². The number of hydrogen-bond donors (Lipinski definition) is 2. The summed E-state index contributed by atoms with van der Waals surface area (Å²) >= 11 is 0. The number of anilines is 1. The van der Waals surface area contributed by atoms with Gasteiger partial charge in [-0.3, -0.25) is 9.59 Å². The Morgan fingerprint density at radius 3 is 2.46 bits per heavy atom. The van der Waals surface area contributed by atoms with E-state index in [1.165, 1.54) is 0 Å². The van der Waals surface area contributed by atoms with Crippen LogP contribution < -0.4 is 10.6 Å². The van der Waals surface area contributed by atoms with Crippen molar-refractivity contribution in [3.05, 3.63) is 54.4 Å². The fourth-order valence-electron chi connectivity index (χ4n) is 3.48. The summed E-state index contributed by atoms with van der Waals surface area (Å²) in [5.41, 5.74) is 0.955. The average molecular weight is 349 g/mol. The van der Waals surface area contributed by atoms with Crippen molar-refractivity contribution in [3.8, 4) is 12.3 Å². The molecule has 1 heterocycles. The first-order valence-corrected chi connectivity index (χ1v) is 8.93. The molecular weight excluding hydrogens is 326 g/mol. The number of rotatable bonds is 5. The van der Waals surface area contributed by atoms with Gasteiger partial charge in [0.15, 0.2) is 0 Å². The second-order valence-corrected chi connectivity index (χ2v) is 6.56. The Hall–Kier alpha value is -3.00. The molecule has 0 bridgehead atoms. The van der Waals surface area contributed by atoms with Crippen LogP contribution in [-0.2, 0) is 4.79 Å². The molecule has 1 aromatic heterocycles. The zero-order valence-corrected chi connectivity index (χ0v) is 14.7. The molecule has 26 heavy (non-hydrogen) atoms. The van der Waals surface area contributed by atoms with Crippen molar-refractivity contribution >= 4 is 17.5 Å². The summed E-state index contributed by atoms with van der Waals surface area (Å²) < 4.78 is 2.22. The first-order chi connectivity index (χ1) is 12.7. The van der Waals surface area contributed by atoms with Crippen LogP contribution in [0.5, 0.6) is 0 Å². The van der Waals surface area contributed by atoms with E-state index in [1.54, 1.807) is 24.3 Å². The van der Waals surface area contributed by atoms with Crippen LogP contribution in [-0.4, -0.2) is 22.9 Å². The SMILES string of the molecule is C#CCNC(=O)c1ccccc1NC(=O)C1CCC(n2cccc2)CC1. The maximum Gasteiger partial charge on any atom is 0.254 e. The molecule has 0 spiro atoms. The first kappa shape index (κ1) is 17.8. The predicted octanol–water partition coefficient (Wildman–Crippen LogP) is 3.22. The maximum absolute atomic E-state index is 12.7. The van der Waals surface area contributed by atoms with Crippen LogP contribution in [0, 0.1) is 18.3 Å². The maximum atomic E-state index is 12.7. The summed E-state index contributed by atoms with van der Waals surface area (Å²) in [6, 6.07) is 11.5. The van der Waals surface area contributed by atoms with E-state index in [4.69, 9.17) is 6.42 Å². The minimum absolute atomic E-state index is 0.0202. The van der Waals surface area contributed by atoms with Gasteiger partial charge in [0, 0.05) is 24.4 Å². The molecule has 0 unspecified atom stereocenters. The van der Waals surface area contributed by atoms with Crippen LogP contribution >= 0.6 is 0 Å². The van der Waals surface area contributed by atoms with Crippen molar-refractivity contribution in [3.63, 3.8) is 0 Å². The molecule has 1 fully saturated rings. The summed E-state index contributed by atoms with van der Waals surface area (Å²) in [6.45, 7) is 0.157. The molecule has 0 atom stereocenters. The Kier molecular flexibility index (Phi) is 5.75. The highest BCUT2D eigenvalue weighted by Crippen LogP contribution is 2.33. The zero-order chi connectivity index (χ0) is 18.4. The van der Waals surface area contributed by atoms with Crippen molar-refractivity contribution in [1.29, 1.82) is 0 Å². The van der Waals surface area contributed by atoms with Gasteiger partial charge in [-0.1, -0.05) is 18.1 Å². The lowest BCUT2D eigenvalue weighted by atomic mass is 9.85. The van der Waals surface area contributed by atoms with Gasteiger partial charge in [0.05, 0.1) is 17.8 Å². The molecule has 134 valence electrons. The molecule has 1 aliphatic carbocycles. The van der Waals surface area contributed by atoms with Gasteiger partial charge >= 0.3 is 0 Å². The molecular formula is C21H23N3O2. The summed E-state index contributed by atoms with van der Waals surface area (Å²) in [5, 5.41) is 5.56. The molecule has 0 aliphatic heterocycles. The summed E-state index contributed by atoms with van der Waals surface area (Å²) in [6.07, 6.45) is 13.0. The van der Waals surface area contributed by atoms with Gasteiger partial charge < -0.3 is 15.2 Å². The number of nitrogens with one attached hydrogen (secondary N) is 2. The van der Waals surface area contributed by atoms with E-state index in [2.05, 4.69) is 33.5 Å². The monoisotopic (exact) mass is 349 g/mol. The summed E-state index contributed by atoms with van der Waals surface area (Å²) in [5.74, 6) is 2.05. The number of hydrogen-bond acceptors (Lipinski definition) is 2. The molecule has 2 aromatic rings. The summed E-state index contributed by atoms with van der Waals surface area (Å²) in [7, 11) is 0. The van der Waals surface area contributed by atoms with E-state index in [9.17, 15) is 9.59 Å². The van der Waals surface area contributed by atoms with Gasteiger partial charge in [0.2, 0.25) is 5.91 Å². The number of benzene rings is 1. The van der Waals surface area contributed by atoms with E-state index in [1.807, 2.05) is 12.1 Å². The number of carbonyl (C=O) groups is 2. The van der Waals surface area contributed by atoms with Gasteiger partial charge in [0.25, 0.3) is 5.91 Å². The predicted molar refractivity (Wildman–Crippen MR) is 102 cm³/mol. The second-order valence-electron chi connectivity index (χ2n) is 6.56. The molecule has 2 N–H and O–H groups in total. The lowest BCUT2D eigenvalue weighted by molar-refractivity contribution is -0.121. The molecule has 1 aromatic carbocycles. The number of para-hydroxylation sites is 1. The van der Waals surface area contributed by atoms with Crippen LogP contribution in [0.15, 0.2) is 48.8 Å². The van der Waals surface area contributed by atoms with Gasteiger partial charge in [-0.05, 0) is 49.9 Å². The first-order valence-electron chi connectivity index (χ1n) is 8.93. The molecule has 0 radical (unpaired) electrons. The lowest BCUT2D eigenvalue weighted by Crippen LogP contribution is -2.30. The van der Waals surface area contributed by atoms with Gasteiger partial charge in [-0.2, -0.15) is 0 Å². The number of terminal acetylenes is 1.